The van der Waals surface area contributed by atoms with Crippen molar-refractivity contribution in [2.75, 3.05) is 18.4 Å². The molecule has 160 valence electrons. The van der Waals surface area contributed by atoms with Crippen molar-refractivity contribution < 1.29 is 23.5 Å². The van der Waals surface area contributed by atoms with Gasteiger partial charge in [-0.3, -0.25) is 14.4 Å². The molecule has 0 aliphatic heterocycles. The Balaban J connectivity index is 1.42. The first-order valence-corrected chi connectivity index (χ1v) is 9.75. The number of carbonyl (C=O) groups is 3. The molecule has 3 rings (SSSR count). The summed E-state index contributed by atoms with van der Waals surface area (Å²) in [5.74, 6) is -0.103. The van der Waals surface area contributed by atoms with Gasteiger partial charge in [0.1, 0.15) is 5.75 Å². The van der Waals surface area contributed by atoms with Crippen LogP contribution in [0.3, 0.4) is 0 Å². The Hall–Kier alpha value is -4.07. The minimum Gasteiger partial charge on any atom is -0.481 e. The van der Waals surface area contributed by atoms with E-state index in [2.05, 4.69) is 16.0 Å². The second-order valence-electron chi connectivity index (χ2n) is 6.63. The van der Waals surface area contributed by atoms with Crippen LogP contribution in [0.2, 0.25) is 0 Å². The number of benzene rings is 2. The summed E-state index contributed by atoms with van der Waals surface area (Å²) >= 11 is 0. The first-order chi connectivity index (χ1) is 15.0. The second-order valence-corrected chi connectivity index (χ2v) is 6.63. The zero-order valence-corrected chi connectivity index (χ0v) is 17.0. The van der Waals surface area contributed by atoms with Crippen molar-refractivity contribution in [2.45, 2.75) is 13.0 Å². The molecule has 0 bridgehead atoms. The van der Waals surface area contributed by atoms with E-state index in [0.29, 0.717) is 17.0 Å². The van der Waals surface area contributed by atoms with Crippen LogP contribution in [0.5, 0.6) is 5.75 Å². The van der Waals surface area contributed by atoms with Crippen LogP contribution in [0.1, 0.15) is 27.8 Å². The number of para-hydroxylation sites is 1. The first-order valence-electron chi connectivity index (χ1n) is 9.75. The van der Waals surface area contributed by atoms with Crippen LogP contribution < -0.4 is 20.7 Å². The van der Waals surface area contributed by atoms with Gasteiger partial charge in [-0.05, 0) is 55.5 Å². The molecule has 0 saturated heterocycles. The van der Waals surface area contributed by atoms with E-state index in [9.17, 15) is 14.4 Å². The third-order valence-corrected chi connectivity index (χ3v) is 4.28. The molecule has 8 heteroatoms. The van der Waals surface area contributed by atoms with Gasteiger partial charge in [0, 0.05) is 24.3 Å². The number of anilines is 1. The first kappa shape index (κ1) is 21.6. The Morgan fingerprint density at radius 1 is 0.871 bits per heavy atom. The molecule has 0 spiro atoms. The molecule has 1 atom stereocenters. The van der Waals surface area contributed by atoms with Crippen LogP contribution in [0.4, 0.5) is 5.69 Å². The molecule has 0 radical (unpaired) electrons. The summed E-state index contributed by atoms with van der Waals surface area (Å²) in [6.07, 6.45) is 0.737. The van der Waals surface area contributed by atoms with Gasteiger partial charge in [-0.2, -0.15) is 0 Å². The molecule has 0 saturated carbocycles. The van der Waals surface area contributed by atoms with Gasteiger partial charge in [-0.25, -0.2) is 0 Å². The lowest BCUT2D eigenvalue weighted by Crippen LogP contribution is -2.34. The largest absolute Gasteiger partial charge is 0.481 e. The van der Waals surface area contributed by atoms with Gasteiger partial charge in [-0.15, -0.1) is 0 Å². The molecule has 3 aromatic rings. The van der Waals surface area contributed by atoms with Gasteiger partial charge >= 0.3 is 0 Å². The fourth-order valence-electron chi connectivity index (χ4n) is 2.65. The van der Waals surface area contributed by atoms with E-state index >= 15 is 0 Å². The molecule has 3 N–H and O–H groups in total. The summed E-state index contributed by atoms with van der Waals surface area (Å²) in [4.78, 5) is 36.2. The SMILES string of the molecule is CC(Oc1ccccc1)C(=O)Nc1ccc(C(=O)NCCNC(=O)c2ccco2)cc1. The highest BCUT2D eigenvalue weighted by atomic mass is 16.5. The number of furan rings is 1. The molecular weight excluding hydrogens is 398 g/mol. The minimum absolute atomic E-state index is 0.215. The third-order valence-electron chi connectivity index (χ3n) is 4.28. The molecule has 1 unspecified atom stereocenters. The maximum atomic E-state index is 12.3. The fraction of sp³-hybridized carbons (Fsp3) is 0.174. The summed E-state index contributed by atoms with van der Waals surface area (Å²) in [7, 11) is 0. The van der Waals surface area contributed by atoms with Crippen LogP contribution in [-0.2, 0) is 4.79 Å². The number of hydrogen-bond donors (Lipinski definition) is 3. The van der Waals surface area contributed by atoms with Gasteiger partial charge in [0.2, 0.25) is 0 Å². The average molecular weight is 421 g/mol. The van der Waals surface area contributed by atoms with Gasteiger partial charge < -0.3 is 25.1 Å². The predicted molar refractivity (Wildman–Crippen MR) is 115 cm³/mol. The summed E-state index contributed by atoms with van der Waals surface area (Å²) in [6, 6.07) is 18.8. The molecule has 0 fully saturated rings. The van der Waals surface area contributed by atoms with Crippen molar-refractivity contribution in [2.24, 2.45) is 0 Å². The molecule has 1 aromatic heterocycles. The molecule has 8 nitrogen and oxygen atoms in total. The Labute approximate surface area is 179 Å². The van der Waals surface area contributed by atoms with Crippen molar-refractivity contribution in [1.82, 2.24) is 10.6 Å². The van der Waals surface area contributed by atoms with E-state index in [1.807, 2.05) is 18.2 Å². The number of hydrogen-bond acceptors (Lipinski definition) is 5. The predicted octanol–water partition coefficient (Wildman–Crippen LogP) is 2.85. The summed E-state index contributed by atoms with van der Waals surface area (Å²) in [6.45, 7) is 2.19. The molecule has 3 amide bonds. The number of nitrogens with one attached hydrogen (secondary N) is 3. The standard InChI is InChI=1S/C23H23N3O5/c1-16(31-19-6-3-2-4-7-19)21(27)26-18-11-9-17(10-12-18)22(28)24-13-14-25-23(29)20-8-5-15-30-20/h2-12,15-16H,13-14H2,1H3,(H,24,28)(H,25,29)(H,26,27). The maximum Gasteiger partial charge on any atom is 0.287 e. The van der Waals surface area contributed by atoms with Crippen LogP contribution in [0, 0.1) is 0 Å². The van der Waals surface area contributed by atoms with Crippen LogP contribution in [-0.4, -0.2) is 36.9 Å². The molecule has 0 aliphatic rings. The number of ether oxygens (including phenoxy) is 1. The highest BCUT2D eigenvalue weighted by Gasteiger charge is 2.15. The molecule has 2 aromatic carbocycles. The number of amides is 3. The Morgan fingerprint density at radius 3 is 2.19 bits per heavy atom. The highest BCUT2D eigenvalue weighted by Crippen LogP contribution is 2.13. The monoisotopic (exact) mass is 421 g/mol. The molecule has 1 heterocycles. The normalized spacial score (nSPS) is 11.3. The zero-order valence-electron chi connectivity index (χ0n) is 17.0. The molecule has 31 heavy (non-hydrogen) atoms. The lowest BCUT2D eigenvalue weighted by molar-refractivity contribution is -0.122. The average Bonchev–Trinajstić information content (AvgIpc) is 3.33. The lowest BCUT2D eigenvalue weighted by atomic mass is 10.2. The topological polar surface area (TPSA) is 110 Å². The smallest absolute Gasteiger partial charge is 0.287 e. The zero-order chi connectivity index (χ0) is 22.1. The van der Waals surface area contributed by atoms with Crippen molar-refractivity contribution in [3.63, 3.8) is 0 Å². The molecular formula is C23H23N3O5. The van der Waals surface area contributed by atoms with Gasteiger partial charge in [0.05, 0.1) is 6.26 Å². The fourth-order valence-corrected chi connectivity index (χ4v) is 2.65. The van der Waals surface area contributed by atoms with Crippen LogP contribution in [0.15, 0.2) is 77.4 Å². The van der Waals surface area contributed by atoms with Crippen molar-refractivity contribution in [3.05, 3.63) is 84.3 Å². The van der Waals surface area contributed by atoms with E-state index in [4.69, 9.17) is 9.15 Å². The highest BCUT2D eigenvalue weighted by molar-refractivity contribution is 5.97. The van der Waals surface area contributed by atoms with Gasteiger partial charge in [0.25, 0.3) is 17.7 Å². The second kappa shape index (κ2) is 10.6. The molecule has 0 aliphatic carbocycles. The quantitative estimate of drug-likeness (QED) is 0.460. The summed E-state index contributed by atoms with van der Waals surface area (Å²) in [5.41, 5.74) is 0.986. The van der Waals surface area contributed by atoms with Gasteiger partial charge in [0.15, 0.2) is 11.9 Å². The van der Waals surface area contributed by atoms with E-state index in [-0.39, 0.29) is 36.6 Å². The number of carbonyl (C=O) groups excluding carboxylic acids is 3. The lowest BCUT2D eigenvalue weighted by Gasteiger charge is -2.15. The summed E-state index contributed by atoms with van der Waals surface area (Å²) in [5, 5.41) is 8.11. The van der Waals surface area contributed by atoms with E-state index in [1.165, 1.54) is 6.26 Å². The van der Waals surface area contributed by atoms with Crippen LogP contribution in [0.25, 0.3) is 0 Å². The van der Waals surface area contributed by atoms with Crippen molar-refractivity contribution in [1.29, 1.82) is 0 Å². The van der Waals surface area contributed by atoms with Crippen LogP contribution >= 0.6 is 0 Å². The van der Waals surface area contributed by atoms with E-state index < -0.39 is 6.10 Å². The van der Waals surface area contributed by atoms with Crippen molar-refractivity contribution in [3.8, 4) is 5.75 Å². The third kappa shape index (κ3) is 6.46. The van der Waals surface area contributed by atoms with Gasteiger partial charge in [-0.1, -0.05) is 18.2 Å². The Bertz CT molecular complexity index is 1000. The van der Waals surface area contributed by atoms with E-state index in [0.717, 1.165) is 0 Å². The maximum absolute atomic E-state index is 12.3. The van der Waals surface area contributed by atoms with Crippen molar-refractivity contribution >= 4 is 23.4 Å². The Kier molecular flexibility index (Phi) is 7.42. The van der Waals surface area contributed by atoms with E-state index in [1.54, 1.807) is 55.5 Å². The summed E-state index contributed by atoms with van der Waals surface area (Å²) < 4.78 is 10.6. The Morgan fingerprint density at radius 2 is 1.55 bits per heavy atom. The number of rotatable bonds is 9. The minimum atomic E-state index is -0.679.